The van der Waals surface area contributed by atoms with Crippen LogP contribution in [0, 0.1) is 6.92 Å². The van der Waals surface area contributed by atoms with Gasteiger partial charge in [-0.3, -0.25) is 14.6 Å². The number of esters is 1. The highest BCUT2D eigenvalue weighted by Gasteiger charge is 2.31. The quantitative estimate of drug-likeness (QED) is 0.500. The second kappa shape index (κ2) is 10.3. The van der Waals surface area contributed by atoms with Crippen LogP contribution in [0.1, 0.15) is 33.3 Å². The summed E-state index contributed by atoms with van der Waals surface area (Å²) >= 11 is 0.703. The van der Waals surface area contributed by atoms with Gasteiger partial charge in [-0.2, -0.15) is 0 Å². The van der Waals surface area contributed by atoms with Gasteiger partial charge in [0.05, 0.1) is 11.3 Å². The molecule has 2 heterocycles. The van der Waals surface area contributed by atoms with E-state index in [9.17, 15) is 14.4 Å². The number of aryl methyl sites for hydroxylation is 1. The van der Waals surface area contributed by atoms with Crippen molar-refractivity contribution >= 4 is 28.1 Å². The smallest absolute Gasteiger partial charge is 0.338 e. The molecule has 2 unspecified atom stereocenters. The fourth-order valence-corrected chi connectivity index (χ4v) is 3.95. The Kier molecular flexibility index (Phi) is 7.04. The van der Waals surface area contributed by atoms with E-state index in [1.807, 2.05) is 37.3 Å². The predicted molar refractivity (Wildman–Crippen MR) is 124 cm³/mol. The minimum atomic E-state index is -0.693. The van der Waals surface area contributed by atoms with Crippen LogP contribution < -0.4 is 10.1 Å². The zero-order valence-corrected chi connectivity index (χ0v) is 18.7. The lowest BCUT2D eigenvalue weighted by molar-refractivity contribution is -0.112. The molecule has 7 nitrogen and oxygen atoms in total. The summed E-state index contributed by atoms with van der Waals surface area (Å²) in [6.07, 6.45) is 1.44. The van der Waals surface area contributed by atoms with Crippen LogP contribution >= 0.6 is 11.8 Å². The highest BCUT2D eigenvalue weighted by atomic mass is 32.2. The van der Waals surface area contributed by atoms with Crippen LogP contribution in [0.15, 0.2) is 72.9 Å². The van der Waals surface area contributed by atoms with Crippen molar-refractivity contribution in [1.82, 2.24) is 10.3 Å². The summed E-state index contributed by atoms with van der Waals surface area (Å²) in [6.45, 7) is 2.02. The van der Waals surface area contributed by atoms with Crippen molar-refractivity contribution in [2.24, 2.45) is 0 Å². The van der Waals surface area contributed by atoms with Gasteiger partial charge in [0.25, 0.3) is 5.24 Å². The molecule has 4 rings (SSSR count). The molecular formula is C25H22N2O5S. The lowest BCUT2D eigenvalue weighted by Crippen LogP contribution is -2.30. The number of thioether (sulfide) groups is 1. The van der Waals surface area contributed by atoms with Gasteiger partial charge in [0.2, 0.25) is 5.12 Å². The van der Waals surface area contributed by atoms with E-state index in [1.165, 1.54) is 0 Å². The summed E-state index contributed by atoms with van der Waals surface area (Å²) in [5.41, 5.74) is 2.94. The number of ether oxygens (including phenoxy) is 2. The third-order valence-electron chi connectivity index (χ3n) is 5.06. The first-order valence-electron chi connectivity index (χ1n) is 10.4. The number of nitrogens with zero attached hydrogens (tertiary/aromatic N) is 1. The Morgan fingerprint density at radius 3 is 2.45 bits per heavy atom. The SMILES string of the molecule is Cc1ccc(C(COc2ccc(CC3NC(=O)SC3=O)cc2)OC(=O)c2ccccc2)nc1. The molecule has 0 saturated carbocycles. The van der Waals surface area contributed by atoms with Crippen LogP contribution in [0.25, 0.3) is 0 Å². The molecule has 0 radical (unpaired) electrons. The Labute approximate surface area is 195 Å². The number of hydrogen-bond acceptors (Lipinski definition) is 7. The molecule has 1 aliphatic rings. The number of benzene rings is 2. The van der Waals surface area contributed by atoms with Crippen molar-refractivity contribution in [3.8, 4) is 5.75 Å². The highest BCUT2D eigenvalue weighted by molar-refractivity contribution is 8.26. The van der Waals surface area contributed by atoms with Crippen molar-refractivity contribution in [2.45, 2.75) is 25.5 Å². The van der Waals surface area contributed by atoms with Gasteiger partial charge >= 0.3 is 5.97 Å². The molecule has 1 aliphatic heterocycles. The van der Waals surface area contributed by atoms with E-state index in [4.69, 9.17) is 9.47 Å². The van der Waals surface area contributed by atoms with Gasteiger partial charge in [-0.15, -0.1) is 0 Å². The molecule has 0 aliphatic carbocycles. The average molecular weight is 463 g/mol. The van der Waals surface area contributed by atoms with Crippen LogP contribution in [0.3, 0.4) is 0 Å². The number of carbonyl (C=O) groups is 3. The topological polar surface area (TPSA) is 94.6 Å². The average Bonchev–Trinajstić information content (AvgIpc) is 3.15. The number of carbonyl (C=O) groups excluding carboxylic acids is 3. The van der Waals surface area contributed by atoms with Crippen LogP contribution in [0.4, 0.5) is 4.79 Å². The number of hydrogen-bond donors (Lipinski definition) is 1. The molecule has 33 heavy (non-hydrogen) atoms. The first-order chi connectivity index (χ1) is 16.0. The second-order valence-electron chi connectivity index (χ2n) is 7.58. The molecule has 3 aromatic rings. The Bertz CT molecular complexity index is 1130. The molecule has 0 spiro atoms. The van der Waals surface area contributed by atoms with E-state index >= 15 is 0 Å². The summed E-state index contributed by atoms with van der Waals surface area (Å²) in [5.74, 6) is 0.130. The maximum absolute atomic E-state index is 12.6. The van der Waals surface area contributed by atoms with Crippen LogP contribution in [-0.2, 0) is 16.0 Å². The lowest BCUT2D eigenvalue weighted by atomic mass is 10.1. The van der Waals surface area contributed by atoms with E-state index in [0.29, 0.717) is 35.2 Å². The van der Waals surface area contributed by atoms with Gasteiger partial charge in [0.15, 0.2) is 6.10 Å². The normalized spacial score (nSPS) is 16.2. The van der Waals surface area contributed by atoms with Crippen molar-refractivity contribution < 1.29 is 23.9 Å². The lowest BCUT2D eigenvalue weighted by Gasteiger charge is -2.19. The first-order valence-corrected chi connectivity index (χ1v) is 11.2. The van der Waals surface area contributed by atoms with Gasteiger partial charge < -0.3 is 14.8 Å². The molecule has 0 bridgehead atoms. The molecule has 1 aromatic heterocycles. The van der Waals surface area contributed by atoms with E-state index < -0.39 is 18.1 Å². The van der Waals surface area contributed by atoms with Crippen LogP contribution in [0.2, 0.25) is 0 Å². The highest BCUT2D eigenvalue weighted by Crippen LogP contribution is 2.23. The molecule has 2 aromatic carbocycles. The van der Waals surface area contributed by atoms with E-state index in [-0.39, 0.29) is 17.0 Å². The molecule has 1 amide bonds. The fourth-order valence-electron chi connectivity index (χ4n) is 3.28. The van der Waals surface area contributed by atoms with Crippen LogP contribution in [-0.4, -0.2) is 34.0 Å². The van der Waals surface area contributed by atoms with E-state index in [0.717, 1.165) is 11.1 Å². The molecule has 1 saturated heterocycles. The Morgan fingerprint density at radius 2 is 1.82 bits per heavy atom. The fraction of sp³-hybridized carbons (Fsp3) is 0.200. The summed E-state index contributed by atoms with van der Waals surface area (Å²) in [6, 6.07) is 19.2. The second-order valence-corrected chi connectivity index (χ2v) is 8.56. The number of amides is 1. The minimum absolute atomic E-state index is 0.0851. The Morgan fingerprint density at radius 1 is 1.06 bits per heavy atom. The number of nitrogens with one attached hydrogen (secondary N) is 1. The molecule has 168 valence electrons. The molecule has 2 atom stereocenters. The van der Waals surface area contributed by atoms with Crippen molar-refractivity contribution in [3.05, 3.63) is 95.3 Å². The van der Waals surface area contributed by atoms with Gasteiger partial charge in [-0.1, -0.05) is 36.4 Å². The molecule has 1 N–H and O–H groups in total. The molecule has 1 fully saturated rings. The first kappa shape index (κ1) is 22.5. The van der Waals surface area contributed by atoms with Gasteiger partial charge in [-0.05, 0) is 48.4 Å². The monoisotopic (exact) mass is 462 g/mol. The van der Waals surface area contributed by atoms with Crippen molar-refractivity contribution in [3.63, 3.8) is 0 Å². The van der Waals surface area contributed by atoms with E-state index in [1.54, 1.807) is 42.6 Å². The van der Waals surface area contributed by atoms with E-state index in [2.05, 4.69) is 10.3 Å². The summed E-state index contributed by atoms with van der Waals surface area (Å²) in [5, 5.41) is 2.16. The standard InChI is InChI=1S/C25H22N2O5S/c1-16-7-12-20(26-14-16)22(32-23(28)18-5-3-2-4-6-18)15-31-19-10-8-17(9-11-19)13-21-24(29)33-25(30)27-21/h2-12,14,21-22H,13,15H2,1H3,(H,27,30). The Balaban J connectivity index is 1.41. The maximum atomic E-state index is 12.6. The zero-order chi connectivity index (χ0) is 23.2. The third kappa shape index (κ3) is 5.98. The molecular weight excluding hydrogens is 440 g/mol. The van der Waals surface area contributed by atoms with Crippen LogP contribution in [0.5, 0.6) is 5.75 Å². The van der Waals surface area contributed by atoms with Crippen molar-refractivity contribution in [2.75, 3.05) is 6.61 Å². The van der Waals surface area contributed by atoms with Crippen molar-refractivity contribution in [1.29, 1.82) is 0 Å². The minimum Gasteiger partial charge on any atom is -0.489 e. The Hall–Kier alpha value is -3.65. The summed E-state index contributed by atoms with van der Waals surface area (Å²) < 4.78 is 11.6. The number of rotatable bonds is 8. The zero-order valence-electron chi connectivity index (χ0n) is 17.9. The third-order valence-corrected chi connectivity index (χ3v) is 5.85. The molecule has 8 heteroatoms. The largest absolute Gasteiger partial charge is 0.489 e. The number of pyridine rings is 1. The van der Waals surface area contributed by atoms with Gasteiger partial charge in [0, 0.05) is 24.4 Å². The maximum Gasteiger partial charge on any atom is 0.338 e. The summed E-state index contributed by atoms with van der Waals surface area (Å²) in [4.78, 5) is 40.1. The number of aromatic nitrogens is 1. The van der Waals surface area contributed by atoms with Gasteiger partial charge in [-0.25, -0.2) is 4.79 Å². The predicted octanol–water partition coefficient (Wildman–Crippen LogP) is 4.26. The van der Waals surface area contributed by atoms with Gasteiger partial charge in [0.1, 0.15) is 18.4 Å². The summed E-state index contributed by atoms with van der Waals surface area (Å²) in [7, 11) is 0.